The first-order chi connectivity index (χ1) is 10.7. The van der Waals surface area contributed by atoms with Crippen LogP contribution in [0.3, 0.4) is 0 Å². The fraction of sp³-hybridized carbons (Fsp3) is 0.286. The van der Waals surface area contributed by atoms with Gasteiger partial charge in [-0.1, -0.05) is 0 Å². The predicted octanol–water partition coefficient (Wildman–Crippen LogP) is 3.23. The van der Waals surface area contributed by atoms with E-state index < -0.39 is 0 Å². The SMILES string of the molecule is Cc1ncsc1CNc1cc(NCc2scnc2C)ncn1. The lowest BCUT2D eigenvalue weighted by Crippen LogP contribution is -2.05. The van der Waals surface area contributed by atoms with Gasteiger partial charge in [0.15, 0.2) is 0 Å². The summed E-state index contributed by atoms with van der Waals surface area (Å²) in [6.45, 7) is 5.47. The molecule has 0 bridgehead atoms. The molecule has 0 aliphatic rings. The molecule has 0 unspecified atom stereocenters. The smallest absolute Gasteiger partial charge is 0.131 e. The predicted molar refractivity (Wildman–Crippen MR) is 90.4 cm³/mol. The van der Waals surface area contributed by atoms with Crippen molar-refractivity contribution in [1.29, 1.82) is 0 Å². The zero-order valence-electron chi connectivity index (χ0n) is 12.3. The van der Waals surface area contributed by atoms with Crippen LogP contribution in [0.25, 0.3) is 0 Å². The van der Waals surface area contributed by atoms with Crippen LogP contribution >= 0.6 is 22.7 Å². The minimum absolute atomic E-state index is 0.723. The summed E-state index contributed by atoms with van der Waals surface area (Å²) < 4.78 is 0. The highest BCUT2D eigenvalue weighted by molar-refractivity contribution is 7.10. The van der Waals surface area contributed by atoms with Crippen LogP contribution in [0.1, 0.15) is 21.1 Å². The van der Waals surface area contributed by atoms with E-state index in [0.29, 0.717) is 0 Å². The number of hydrogen-bond acceptors (Lipinski definition) is 8. The zero-order valence-corrected chi connectivity index (χ0v) is 14.0. The van der Waals surface area contributed by atoms with Gasteiger partial charge in [0.1, 0.15) is 18.0 Å². The molecule has 22 heavy (non-hydrogen) atoms. The Balaban J connectivity index is 1.60. The molecule has 3 aromatic rings. The highest BCUT2D eigenvalue weighted by Gasteiger charge is 2.04. The van der Waals surface area contributed by atoms with Crippen LogP contribution in [0.4, 0.5) is 11.6 Å². The molecule has 0 amide bonds. The lowest BCUT2D eigenvalue weighted by atomic mass is 10.4. The van der Waals surface area contributed by atoms with Crippen LogP contribution in [0.5, 0.6) is 0 Å². The summed E-state index contributed by atoms with van der Waals surface area (Å²) in [7, 11) is 0. The highest BCUT2D eigenvalue weighted by Crippen LogP contribution is 2.17. The molecule has 0 saturated carbocycles. The molecule has 0 atom stereocenters. The van der Waals surface area contributed by atoms with Crippen LogP contribution in [-0.2, 0) is 13.1 Å². The Labute approximate surface area is 136 Å². The summed E-state index contributed by atoms with van der Waals surface area (Å²) in [5.74, 6) is 1.60. The summed E-state index contributed by atoms with van der Waals surface area (Å²) in [5.41, 5.74) is 5.84. The van der Waals surface area contributed by atoms with Crippen LogP contribution < -0.4 is 10.6 Å². The van der Waals surface area contributed by atoms with Crippen molar-refractivity contribution in [2.45, 2.75) is 26.9 Å². The molecule has 0 radical (unpaired) electrons. The largest absolute Gasteiger partial charge is 0.365 e. The van der Waals surface area contributed by atoms with E-state index in [2.05, 4.69) is 30.6 Å². The maximum Gasteiger partial charge on any atom is 0.131 e. The normalized spacial score (nSPS) is 10.6. The minimum Gasteiger partial charge on any atom is -0.365 e. The van der Waals surface area contributed by atoms with Crippen LogP contribution in [0.15, 0.2) is 23.4 Å². The second-order valence-corrected chi connectivity index (χ2v) is 6.60. The molecule has 2 N–H and O–H groups in total. The fourth-order valence-corrected chi connectivity index (χ4v) is 3.32. The van der Waals surface area contributed by atoms with E-state index in [1.807, 2.05) is 30.9 Å². The molecule has 3 heterocycles. The molecule has 114 valence electrons. The van der Waals surface area contributed by atoms with Crippen molar-refractivity contribution in [3.05, 3.63) is 44.6 Å². The van der Waals surface area contributed by atoms with Crippen molar-refractivity contribution in [2.75, 3.05) is 10.6 Å². The molecule has 0 aliphatic heterocycles. The van der Waals surface area contributed by atoms with Gasteiger partial charge in [0.25, 0.3) is 0 Å². The van der Waals surface area contributed by atoms with E-state index >= 15 is 0 Å². The Morgan fingerprint density at radius 1 is 0.818 bits per heavy atom. The lowest BCUT2D eigenvalue weighted by molar-refractivity contribution is 1.05. The quantitative estimate of drug-likeness (QED) is 0.722. The summed E-state index contributed by atoms with van der Waals surface area (Å²) in [6, 6.07) is 1.91. The number of aryl methyl sites for hydroxylation is 2. The number of aromatic nitrogens is 4. The van der Waals surface area contributed by atoms with Gasteiger partial charge >= 0.3 is 0 Å². The molecule has 0 aromatic carbocycles. The topological polar surface area (TPSA) is 75.6 Å². The van der Waals surface area contributed by atoms with E-state index in [9.17, 15) is 0 Å². The maximum atomic E-state index is 4.24. The zero-order chi connectivity index (χ0) is 15.4. The average Bonchev–Trinajstić information content (AvgIpc) is 3.12. The van der Waals surface area contributed by atoms with Gasteiger partial charge in [0.05, 0.1) is 35.5 Å². The van der Waals surface area contributed by atoms with Gasteiger partial charge in [0, 0.05) is 15.8 Å². The van der Waals surface area contributed by atoms with Crippen molar-refractivity contribution < 1.29 is 0 Å². The Morgan fingerprint density at radius 3 is 1.73 bits per heavy atom. The van der Waals surface area contributed by atoms with Crippen molar-refractivity contribution >= 4 is 34.3 Å². The van der Waals surface area contributed by atoms with Gasteiger partial charge in [-0.2, -0.15) is 0 Å². The van der Waals surface area contributed by atoms with Gasteiger partial charge in [-0.3, -0.25) is 0 Å². The molecule has 0 saturated heterocycles. The van der Waals surface area contributed by atoms with Gasteiger partial charge in [-0.25, -0.2) is 19.9 Å². The highest BCUT2D eigenvalue weighted by atomic mass is 32.1. The first kappa shape index (κ1) is 14.9. The van der Waals surface area contributed by atoms with E-state index in [-0.39, 0.29) is 0 Å². The number of hydrogen-bond donors (Lipinski definition) is 2. The molecule has 3 rings (SSSR count). The molecule has 0 spiro atoms. The van der Waals surface area contributed by atoms with E-state index in [4.69, 9.17) is 0 Å². The molecule has 8 heteroatoms. The molecule has 0 aliphatic carbocycles. The first-order valence-electron chi connectivity index (χ1n) is 6.80. The van der Waals surface area contributed by atoms with Gasteiger partial charge in [0.2, 0.25) is 0 Å². The fourth-order valence-electron chi connectivity index (χ4n) is 1.88. The standard InChI is InChI=1S/C14H16N6S2/c1-9-11(21-7-19-9)4-15-13-3-14(18-6-17-13)16-5-12-10(2)20-8-22-12/h3,6-8H,4-5H2,1-2H3,(H2,15,16,17,18). The van der Waals surface area contributed by atoms with E-state index in [1.165, 1.54) is 9.75 Å². The van der Waals surface area contributed by atoms with E-state index in [0.717, 1.165) is 36.1 Å². The summed E-state index contributed by atoms with van der Waals surface area (Å²) >= 11 is 3.29. The Bertz CT molecular complexity index is 692. The summed E-state index contributed by atoms with van der Waals surface area (Å²) in [4.78, 5) is 19.4. The second kappa shape index (κ2) is 6.80. The number of thiazole rings is 2. The Morgan fingerprint density at radius 2 is 1.32 bits per heavy atom. The number of anilines is 2. The number of rotatable bonds is 6. The van der Waals surface area contributed by atoms with Crippen molar-refractivity contribution in [2.24, 2.45) is 0 Å². The lowest BCUT2D eigenvalue weighted by Gasteiger charge is -2.08. The van der Waals surface area contributed by atoms with E-state index in [1.54, 1.807) is 29.0 Å². The minimum atomic E-state index is 0.723. The van der Waals surface area contributed by atoms with Crippen molar-refractivity contribution in [3.8, 4) is 0 Å². The molecule has 0 fully saturated rings. The molecular weight excluding hydrogens is 316 g/mol. The van der Waals surface area contributed by atoms with Crippen LogP contribution in [0.2, 0.25) is 0 Å². The third kappa shape index (κ3) is 3.58. The van der Waals surface area contributed by atoms with Crippen molar-refractivity contribution in [1.82, 2.24) is 19.9 Å². The number of nitrogens with one attached hydrogen (secondary N) is 2. The van der Waals surface area contributed by atoms with Gasteiger partial charge in [-0.15, -0.1) is 22.7 Å². The van der Waals surface area contributed by atoms with Crippen LogP contribution in [0, 0.1) is 13.8 Å². The number of nitrogens with zero attached hydrogens (tertiary/aromatic N) is 4. The third-order valence-corrected chi connectivity index (χ3v) is 5.09. The second-order valence-electron chi connectivity index (χ2n) is 4.72. The summed E-state index contributed by atoms with van der Waals surface area (Å²) in [5, 5.41) is 6.60. The molecule has 3 aromatic heterocycles. The van der Waals surface area contributed by atoms with Gasteiger partial charge in [-0.05, 0) is 13.8 Å². The monoisotopic (exact) mass is 332 g/mol. The summed E-state index contributed by atoms with van der Waals surface area (Å²) in [6.07, 6.45) is 1.56. The molecular formula is C14H16N6S2. The Kier molecular flexibility index (Phi) is 4.59. The average molecular weight is 332 g/mol. The van der Waals surface area contributed by atoms with Crippen molar-refractivity contribution in [3.63, 3.8) is 0 Å². The Hall–Kier alpha value is -2.06. The maximum absolute atomic E-state index is 4.24. The van der Waals surface area contributed by atoms with Crippen LogP contribution in [-0.4, -0.2) is 19.9 Å². The third-order valence-electron chi connectivity index (χ3n) is 3.22. The first-order valence-corrected chi connectivity index (χ1v) is 8.56. The van der Waals surface area contributed by atoms with Gasteiger partial charge < -0.3 is 10.6 Å². The molecule has 6 nitrogen and oxygen atoms in total.